The van der Waals surface area contributed by atoms with Gasteiger partial charge >= 0.3 is 0 Å². The van der Waals surface area contributed by atoms with Crippen molar-refractivity contribution in [3.63, 3.8) is 0 Å². The highest BCUT2D eigenvalue weighted by Crippen LogP contribution is 2.22. The Morgan fingerprint density at radius 3 is 2.59 bits per heavy atom. The predicted molar refractivity (Wildman–Crippen MR) is 111 cm³/mol. The zero-order valence-electron chi connectivity index (χ0n) is 15.8. The highest BCUT2D eigenvalue weighted by Gasteiger charge is 2.15. The minimum atomic E-state index is 0.654. The molecular weight excluding hydrogens is 380 g/mol. The summed E-state index contributed by atoms with van der Waals surface area (Å²) in [6.07, 6.45) is 0. The van der Waals surface area contributed by atoms with E-state index in [0.717, 1.165) is 40.6 Å². The van der Waals surface area contributed by atoms with Crippen LogP contribution < -0.4 is 9.64 Å². The summed E-state index contributed by atoms with van der Waals surface area (Å²) in [6, 6.07) is 15.8. The normalized spacial score (nSPS) is 12.1. The van der Waals surface area contributed by atoms with Crippen LogP contribution in [0.25, 0.3) is 11.4 Å². The molecule has 1 atom stereocenters. The topological polar surface area (TPSA) is 36.4 Å². The molecule has 0 saturated carbocycles. The maximum Gasteiger partial charge on any atom is 0.203 e. The summed E-state index contributed by atoms with van der Waals surface area (Å²) < 4.78 is 10.1. The molecule has 0 fully saturated rings. The number of ether oxygens (including phenoxy) is 1. The van der Waals surface area contributed by atoms with Gasteiger partial charge in [-0.15, -0.1) is 5.10 Å². The number of halogens is 1. The van der Waals surface area contributed by atoms with E-state index in [9.17, 15) is 0 Å². The Bertz CT molecular complexity index is 968. The van der Waals surface area contributed by atoms with E-state index in [4.69, 9.17) is 33.7 Å². The molecule has 0 radical (unpaired) electrons. The molecule has 0 amide bonds. The zero-order valence-corrected chi connectivity index (χ0v) is 17.3. The highest BCUT2D eigenvalue weighted by molar-refractivity contribution is 7.71. The minimum Gasteiger partial charge on any atom is -0.496 e. The van der Waals surface area contributed by atoms with Crippen LogP contribution in [-0.4, -0.2) is 28.5 Å². The molecule has 142 valence electrons. The Morgan fingerprint density at radius 2 is 1.93 bits per heavy atom. The summed E-state index contributed by atoms with van der Waals surface area (Å²) in [6.45, 7) is 4.28. The van der Waals surface area contributed by atoms with E-state index in [1.807, 2.05) is 41.1 Å². The second kappa shape index (κ2) is 8.69. The van der Waals surface area contributed by atoms with Gasteiger partial charge < -0.3 is 14.2 Å². The molecule has 7 heteroatoms. The number of benzene rings is 2. The molecule has 0 aliphatic rings. The Balaban J connectivity index is 1.85. The summed E-state index contributed by atoms with van der Waals surface area (Å²) in [7, 11) is 3.78. The van der Waals surface area contributed by atoms with Gasteiger partial charge in [0.2, 0.25) is 4.77 Å². The van der Waals surface area contributed by atoms with Gasteiger partial charge in [0, 0.05) is 22.7 Å². The third-order valence-electron chi connectivity index (χ3n) is 4.43. The van der Waals surface area contributed by atoms with Gasteiger partial charge in [-0.2, -0.15) is 4.68 Å². The molecule has 1 heterocycles. The number of hydrogen-bond donors (Lipinski definition) is 1. The standard InChI is InChI=1S/C20H23ClN4OS/c1-4-24-19(15-8-6-5-7-9-15)22-25(20(24)27)14-23(2)13-16-12-17(21)10-11-18(16)26-3/h5-12H,4,13-14H2,1-3H3/p+1. The van der Waals surface area contributed by atoms with Crippen molar-refractivity contribution in [1.29, 1.82) is 0 Å². The Morgan fingerprint density at radius 1 is 1.19 bits per heavy atom. The number of nitrogens with zero attached hydrogens (tertiary/aromatic N) is 3. The second-order valence-electron chi connectivity index (χ2n) is 6.46. The fourth-order valence-corrected chi connectivity index (χ4v) is 3.67. The van der Waals surface area contributed by atoms with Gasteiger partial charge in [-0.1, -0.05) is 41.9 Å². The lowest BCUT2D eigenvalue weighted by molar-refractivity contribution is -0.917. The van der Waals surface area contributed by atoms with Gasteiger partial charge in [-0.25, -0.2) is 0 Å². The van der Waals surface area contributed by atoms with Crippen molar-refractivity contribution in [1.82, 2.24) is 14.3 Å². The lowest BCUT2D eigenvalue weighted by atomic mass is 10.2. The smallest absolute Gasteiger partial charge is 0.203 e. The summed E-state index contributed by atoms with van der Waals surface area (Å²) in [4.78, 5) is 1.23. The molecule has 3 aromatic rings. The van der Waals surface area contributed by atoms with Crippen LogP contribution in [0.3, 0.4) is 0 Å². The lowest BCUT2D eigenvalue weighted by Gasteiger charge is -2.16. The van der Waals surface area contributed by atoms with Crippen molar-refractivity contribution in [3.8, 4) is 17.1 Å². The molecule has 2 aromatic carbocycles. The van der Waals surface area contributed by atoms with E-state index >= 15 is 0 Å². The molecule has 0 aliphatic heterocycles. The fraction of sp³-hybridized carbons (Fsp3) is 0.300. The van der Waals surface area contributed by atoms with Crippen molar-refractivity contribution >= 4 is 23.8 Å². The molecule has 0 spiro atoms. The minimum absolute atomic E-state index is 0.654. The van der Waals surface area contributed by atoms with Crippen LogP contribution in [0.15, 0.2) is 48.5 Å². The summed E-state index contributed by atoms with van der Waals surface area (Å²) in [5.41, 5.74) is 2.13. The number of quaternary nitrogens is 1. The van der Waals surface area contributed by atoms with E-state index in [-0.39, 0.29) is 0 Å². The third kappa shape index (κ3) is 4.40. The molecule has 3 rings (SSSR count). The number of rotatable bonds is 7. The van der Waals surface area contributed by atoms with Crippen molar-refractivity contribution in [2.24, 2.45) is 0 Å². The maximum atomic E-state index is 6.15. The van der Waals surface area contributed by atoms with Crippen LogP contribution in [-0.2, 0) is 19.8 Å². The van der Waals surface area contributed by atoms with E-state index < -0.39 is 0 Å². The van der Waals surface area contributed by atoms with Crippen molar-refractivity contribution in [2.45, 2.75) is 26.7 Å². The fourth-order valence-electron chi connectivity index (χ4n) is 3.15. The zero-order chi connectivity index (χ0) is 19.4. The molecule has 1 unspecified atom stereocenters. The average molecular weight is 404 g/mol. The van der Waals surface area contributed by atoms with Crippen LogP contribution in [0.2, 0.25) is 5.02 Å². The average Bonchev–Trinajstić information content (AvgIpc) is 2.98. The third-order valence-corrected chi connectivity index (χ3v) is 5.09. The quantitative estimate of drug-likeness (QED) is 0.614. The van der Waals surface area contributed by atoms with Crippen LogP contribution in [0.1, 0.15) is 12.5 Å². The van der Waals surface area contributed by atoms with Gasteiger partial charge in [-0.05, 0) is 37.3 Å². The molecule has 1 aromatic heterocycles. The van der Waals surface area contributed by atoms with Crippen molar-refractivity contribution < 1.29 is 9.64 Å². The van der Waals surface area contributed by atoms with Crippen LogP contribution >= 0.6 is 23.8 Å². The molecule has 1 N–H and O–H groups in total. The van der Waals surface area contributed by atoms with Gasteiger partial charge in [0.1, 0.15) is 12.3 Å². The van der Waals surface area contributed by atoms with Gasteiger partial charge in [0.15, 0.2) is 12.5 Å². The van der Waals surface area contributed by atoms with Gasteiger partial charge in [0.25, 0.3) is 0 Å². The van der Waals surface area contributed by atoms with Crippen molar-refractivity contribution in [2.75, 3.05) is 14.2 Å². The Kier molecular flexibility index (Phi) is 6.31. The largest absolute Gasteiger partial charge is 0.496 e. The number of hydrogen-bond acceptors (Lipinski definition) is 3. The van der Waals surface area contributed by atoms with Gasteiger partial charge in [-0.3, -0.25) is 0 Å². The number of nitrogens with one attached hydrogen (secondary N) is 1. The molecule has 5 nitrogen and oxygen atoms in total. The number of methoxy groups -OCH3 is 1. The first-order chi connectivity index (χ1) is 13.0. The first-order valence-electron chi connectivity index (χ1n) is 8.90. The van der Waals surface area contributed by atoms with Crippen molar-refractivity contribution in [3.05, 3.63) is 63.9 Å². The van der Waals surface area contributed by atoms with Crippen LogP contribution in [0.4, 0.5) is 0 Å². The molecular formula is C20H24ClN4OS+. The monoisotopic (exact) mass is 403 g/mol. The van der Waals surface area contributed by atoms with Crippen LogP contribution in [0, 0.1) is 4.77 Å². The molecule has 0 aliphatic carbocycles. The Labute approximate surface area is 169 Å². The first kappa shape index (κ1) is 19.6. The lowest BCUT2D eigenvalue weighted by Crippen LogP contribution is -3.07. The SMILES string of the molecule is CCn1c(-c2ccccc2)nn(C[NH+](C)Cc2cc(Cl)ccc2OC)c1=S. The van der Waals surface area contributed by atoms with E-state index in [1.54, 1.807) is 7.11 Å². The predicted octanol–water partition coefficient (Wildman–Crippen LogP) is 3.44. The van der Waals surface area contributed by atoms with E-state index in [1.165, 1.54) is 4.90 Å². The van der Waals surface area contributed by atoms with Gasteiger partial charge in [0.05, 0.1) is 14.2 Å². The van der Waals surface area contributed by atoms with Crippen LogP contribution in [0.5, 0.6) is 5.75 Å². The summed E-state index contributed by atoms with van der Waals surface area (Å²) in [5.74, 6) is 1.74. The van der Waals surface area contributed by atoms with E-state index in [2.05, 4.69) is 30.7 Å². The second-order valence-corrected chi connectivity index (χ2v) is 7.27. The first-order valence-corrected chi connectivity index (χ1v) is 9.69. The number of aromatic nitrogens is 3. The Hall–Kier alpha value is -2.15. The summed E-state index contributed by atoms with van der Waals surface area (Å²) >= 11 is 11.8. The molecule has 0 bridgehead atoms. The highest BCUT2D eigenvalue weighted by atomic mass is 35.5. The molecule has 27 heavy (non-hydrogen) atoms. The van der Waals surface area contributed by atoms with E-state index in [0.29, 0.717) is 11.7 Å². The maximum absolute atomic E-state index is 6.15. The molecule has 0 saturated heterocycles. The summed E-state index contributed by atoms with van der Waals surface area (Å²) in [5, 5.41) is 5.50.